The van der Waals surface area contributed by atoms with Crippen molar-refractivity contribution in [2.45, 2.75) is 11.3 Å². The number of nitrogen functional groups attached to an aromatic ring is 1. The van der Waals surface area contributed by atoms with Crippen LogP contribution in [0, 0.1) is 0 Å². The summed E-state index contributed by atoms with van der Waals surface area (Å²) >= 11 is 0. The van der Waals surface area contributed by atoms with Gasteiger partial charge in [-0.2, -0.15) is 4.98 Å². The summed E-state index contributed by atoms with van der Waals surface area (Å²) < 4.78 is 11.9. The van der Waals surface area contributed by atoms with E-state index < -0.39 is 10.8 Å². The first-order chi connectivity index (χ1) is 11.2. The number of rotatable bonds is 2. The van der Waals surface area contributed by atoms with Gasteiger partial charge in [0.05, 0.1) is 16.5 Å². The fraction of sp³-hybridized carbons (Fsp3) is 0.375. The number of piperazine rings is 1. The molecule has 2 N–H and O–H groups in total. The molecular formula is C16H19N5OS. The topological polar surface area (TPSA) is 75.3 Å². The smallest absolute Gasteiger partial charge is 0.227 e. The first-order valence-corrected chi connectivity index (χ1v) is 9.14. The SMILES string of the molecule is Nc1nc(N2CCN(c3ccccc3)CC2)nc2c1S(=O)CC2. The van der Waals surface area contributed by atoms with Gasteiger partial charge in [-0.25, -0.2) is 4.98 Å². The first-order valence-electron chi connectivity index (χ1n) is 7.82. The van der Waals surface area contributed by atoms with Crippen LogP contribution in [0.1, 0.15) is 5.69 Å². The minimum absolute atomic E-state index is 0.381. The van der Waals surface area contributed by atoms with E-state index >= 15 is 0 Å². The zero-order valence-electron chi connectivity index (χ0n) is 12.8. The van der Waals surface area contributed by atoms with Crippen molar-refractivity contribution < 1.29 is 4.21 Å². The van der Waals surface area contributed by atoms with Gasteiger partial charge >= 0.3 is 0 Å². The molecule has 0 spiro atoms. The fourth-order valence-electron chi connectivity index (χ4n) is 3.16. The quantitative estimate of drug-likeness (QED) is 0.887. The third-order valence-electron chi connectivity index (χ3n) is 4.39. The number of aromatic nitrogens is 2. The summed E-state index contributed by atoms with van der Waals surface area (Å²) in [6.07, 6.45) is 0.728. The lowest BCUT2D eigenvalue weighted by Crippen LogP contribution is -2.47. The van der Waals surface area contributed by atoms with Crippen molar-refractivity contribution in [1.29, 1.82) is 0 Å². The first kappa shape index (κ1) is 14.4. The molecule has 0 bridgehead atoms. The van der Waals surface area contributed by atoms with E-state index in [4.69, 9.17) is 5.73 Å². The van der Waals surface area contributed by atoms with Gasteiger partial charge in [-0.1, -0.05) is 18.2 Å². The van der Waals surface area contributed by atoms with Crippen molar-refractivity contribution in [1.82, 2.24) is 9.97 Å². The van der Waals surface area contributed by atoms with E-state index in [1.807, 2.05) is 6.07 Å². The number of benzene rings is 1. The zero-order valence-corrected chi connectivity index (χ0v) is 13.6. The normalized spacial score (nSPS) is 20.6. The van der Waals surface area contributed by atoms with E-state index in [0.717, 1.165) is 38.3 Å². The third kappa shape index (κ3) is 2.65. The molecule has 0 amide bonds. The molecule has 0 aliphatic carbocycles. The molecule has 1 atom stereocenters. The van der Waals surface area contributed by atoms with E-state index in [0.29, 0.717) is 22.4 Å². The van der Waals surface area contributed by atoms with E-state index in [1.165, 1.54) is 5.69 Å². The molecule has 1 saturated heterocycles. The highest BCUT2D eigenvalue weighted by molar-refractivity contribution is 7.85. The molecule has 4 rings (SSSR count). The van der Waals surface area contributed by atoms with E-state index in [2.05, 4.69) is 44.0 Å². The van der Waals surface area contributed by atoms with Crippen LogP contribution >= 0.6 is 0 Å². The van der Waals surface area contributed by atoms with Gasteiger partial charge in [-0.3, -0.25) is 4.21 Å². The predicted octanol–water partition coefficient (Wildman–Crippen LogP) is 1.05. The molecule has 0 saturated carbocycles. The van der Waals surface area contributed by atoms with Crippen molar-refractivity contribution >= 4 is 28.3 Å². The summed E-state index contributed by atoms with van der Waals surface area (Å²) in [6.45, 7) is 3.57. The molecule has 1 unspecified atom stereocenters. The molecule has 3 heterocycles. The standard InChI is InChI=1S/C16H19N5OS/c17-15-14-13(6-11-23(14)22)18-16(19-15)21-9-7-20(8-10-21)12-4-2-1-3-5-12/h1-5H,6-11H2,(H2,17,18,19). The van der Waals surface area contributed by atoms with Gasteiger partial charge in [-0.05, 0) is 12.1 Å². The van der Waals surface area contributed by atoms with Crippen molar-refractivity contribution in [2.75, 3.05) is 47.5 Å². The van der Waals surface area contributed by atoms with Crippen LogP contribution in [0.4, 0.5) is 17.5 Å². The van der Waals surface area contributed by atoms with Crippen LogP contribution < -0.4 is 15.5 Å². The van der Waals surface area contributed by atoms with Gasteiger partial charge in [0.1, 0.15) is 10.7 Å². The Morgan fingerprint density at radius 1 is 1.00 bits per heavy atom. The van der Waals surface area contributed by atoms with Crippen molar-refractivity contribution in [2.24, 2.45) is 0 Å². The molecule has 1 fully saturated rings. The Labute approximate surface area is 137 Å². The van der Waals surface area contributed by atoms with Gasteiger partial charge in [0.15, 0.2) is 0 Å². The highest BCUT2D eigenvalue weighted by Gasteiger charge is 2.27. The van der Waals surface area contributed by atoms with Crippen LogP contribution in [0.25, 0.3) is 0 Å². The number of aryl methyl sites for hydroxylation is 1. The minimum Gasteiger partial charge on any atom is -0.383 e. The maximum atomic E-state index is 11.9. The molecule has 120 valence electrons. The van der Waals surface area contributed by atoms with E-state index in [1.54, 1.807) is 0 Å². The monoisotopic (exact) mass is 329 g/mol. The Morgan fingerprint density at radius 2 is 1.70 bits per heavy atom. The Kier molecular flexibility index (Phi) is 3.65. The summed E-state index contributed by atoms with van der Waals surface area (Å²) in [5.41, 5.74) is 8.11. The fourth-order valence-corrected chi connectivity index (χ4v) is 4.43. The minimum atomic E-state index is -1.03. The third-order valence-corrected chi connectivity index (χ3v) is 5.86. The highest BCUT2D eigenvalue weighted by Crippen LogP contribution is 2.28. The molecule has 2 aromatic rings. The highest BCUT2D eigenvalue weighted by atomic mass is 32.2. The summed E-state index contributed by atoms with van der Waals surface area (Å²) in [6, 6.07) is 10.4. The second kappa shape index (κ2) is 5.81. The summed E-state index contributed by atoms with van der Waals surface area (Å²) in [5.74, 6) is 1.67. The van der Waals surface area contributed by atoms with Crippen LogP contribution in [0.15, 0.2) is 35.2 Å². The molecule has 0 radical (unpaired) electrons. The molecule has 1 aromatic carbocycles. The molecule has 23 heavy (non-hydrogen) atoms. The number of hydrogen-bond donors (Lipinski definition) is 1. The average molecular weight is 329 g/mol. The van der Waals surface area contributed by atoms with Gasteiger partial charge in [0, 0.05) is 44.0 Å². The summed E-state index contributed by atoms with van der Waals surface area (Å²) in [7, 11) is -1.03. The molecule has 7 heteroatoms. The van der Waals surface area contributed by atoms with Gasteiger partial charge in [0.2, 0.25) is 5.95 Å². The Bertz CT molecular complexity index is 744. The average Bonchev–Trinajstić information content (AvgIpc) is 2.97. The maximum Gasteiger partial charge on any atom is 0.227 e. The summed E-state index contributed by atoms with van der Waals surface area (Å²) in [5, 5.41) is 0. The lowest BCUT2D eigenvalue weighted by molar-refractivity contribution is 0.638. The van der Waals surface area contributed by atoms with Crippen LogP contribution in [-0.2, 0) is 17.2 Å². The Balaban J connectivity index is 1.51. The molecule has 2 aliphatic heterocycles. The van der Waals surface area contributed by atoms with E-state index in [9.17, 15) is 4.21 Å². The van der Waals surface area contributed by atoms with Crippen LogP contribution in [-0.4, -0.2) is 46.1 Å². The van der Waals surface area contributed by atoms with Gasteiger partial charge in [0.25, 0.3) is 0 Å². The van der Waals surface area contributed by atoms with E-state index in [-0.39, 0.29) is 0 Å². The maximum absolute atomic E-state index is 11.9. The number of para-hydroxylation sites is 1. The number of nitrogens with two attached hydrogens (primary N) is 1. The number of nitrogens with zero attached hydrogens (tertiary/aromatic N) is 4. The van der Waals surface area contributed by atoms with Gasteiger partial charge < -0.3 is 15.5 Å². The van der Waals surface area contributed by atoms with Crippen LogP contribution in [0.5, 0.6) is 0 Å². The number of anilines is 3. The van der Waals surface area contributed by atoms with Crippen LogP contribution in [0.3, 0.4) is 0 Å². The second-order valence-corrected chi connectivity index (χ2v) is 7.30. The Morgan fingerprint density at radius 3 is 2.43 bits per heavy atom. The zero-order chi connectivity index (χ0) is 15.8. The lowest BCUT2D eigenvalue weighted by Gasteiger charge is -2.36. The Hall–Kier alpha value is -2.15. The molecule has 6 nitrogen and oxygen atoms in total. The number of fused-ring (bicyclic) bond motifs is 1. The van der Waals surface area contributed by atoms with Crippen molar-refractivity contribution in [3.8, 4) is 0 Å². The molecule has 1 aromatic heterocycles. The predicted molar refractivity (Wildman–Crippen MR) is 92.3 cm³/mol. The number of hydrogen-bond acceptors (Lipinski definition) is 6. The molecule has 2 aliphatic rings. The lowest BCUT2D eigenvalue weighted by atomic mass is 10.2. The largest absolute Gasteiger partial charge is 0.383 e. The second-order valence-electron chi connectivity index (χ2n) is 5.79. The van der Waals surface area contributed by atoms with Gasteiger partial charge in [-0.15, -0.1) is 0 Å². The van der Waals surface area contributed by atoms with Crippen LogP contribution in [0.2, 0.25) is 0 Å². The molecular weight excluding hydrogens is 310 g/mol. The van der Waals surface area contributed by atoms with Crippen molar-refractivity contribution in [3.05, 3.63) is 36.0 Å². The summed E-state index contributed by atoms with van der Waals surface area (Å²) in [4.78, 5) is 14.2. The van der Waals surface area contributed by atoms with Crippen molar-refractivity contribution in [3.63, 3.8) is 0 Å².